The van der Waals surface area contributed by atoms with Gasteiger partial charge in [0.2, 0.25) is 15.9 Å². The summed E-state index contributed by atoms with van der Waals surface area (Å²) in [7, 11) is -3.49. The predicted octanol–water partition coefficient (Wildman–Crippen LogP) is 2.53. The summed E-state index contributed by atoms with van der Waals surface area (Å²) in [6.45, 7) is 5.10. The molecule has 6 nitrogen and oxygen atoms in total. The smallest absolute Gasteiger partial charge is 0.243 e. The van der Waals surface area contributed by atoms with Gasteiger partial charge in [0.15, 0.2) is 0 Å². The number of aryl methyl sites for hydroxylation is 1. The van der Waals surface area contributed by atoms with Crippen LogP contribution in [0.5, 0.6) is 0 Å². The number of para-hydroxylation sites is 1. The molecule has 2 aromatic carbocycles. The molecule has 0 N–H and O–H groups in total. The maximum absolute atomic E-state index is 13.0. The van der Waals surface area contributed by atoms with Crippen LogP contribution in [0, 0.1) is 0 Å². The van der Waals surface area contributed by atoms with E-state index in [1.165, 1.54) is 9.87 Å². The SMILES string of the molecule is CCCc1ccc(S(=O)(=O)N2CCN(CC(=O)N3CCc4ccccc43)CC2)cc1. The molecule has 1 fully saturated rings. The summed E-state index contributed by atoms with van der Waals surface area (Å²) < 4.78 is 27.5. The summed E-state index contributed by atoms with van der Waals surface area (Å²) in [5.74, 6) is 0.0859. The summed E-state index contributed by atoms with van der Waals surface area (Å²) in [5.41, 5.74) is 3.38. The lowest BCUT2D eigenvalue weighted by atomic mass is 10.1. The highest BCUT2D eigenvalue weighted by atomic mass is 32.2. The first-order valence-electron chi connectivity index (χ1n) is 10.7. The lowest BCUT2D eigenvalue weighted by Crippen LogP contribution is -2.51. The first kappa shape index (κ1) is 21.0. The molecular weight excluding hydrogens is 398 g/mol. The van der Waals surface area contributed by atoms with Gasteiger partial charge in [0.1, 0.15) is 0 Å². The Labute approximate surface area is 179 Å². The van der Waals surface area contributed by atoms with E-state index in [1.54, 1.807) is 12.1 Å². The summed E-state index contributed by atoms with van der Waals surface area (Å²) in [5, 5.41) is 0. The average Bonchev–Trinajstić information content (AvgIpc) is 3.19. The summed E-state index contributed by atoms with van der Waals surface area (Å²) in [6, 6.07) is 15.3. The highest BCUT2D eigenvalue weighted by Crippen LogP contribution is 2.27. The van der Waals surface area contributed by atoms with Crippen molar-refractivity contribution in [1.29, 1.82) is 0 Å². The van der Waals surface area contributed by atoms with Gasteiger partial charge in [-0.1, -0.05) is 43.7 Å². The molecule has 2 aliphatic heterocycles. The molecule has 2 heterocycles. The average molecular weight is 428 g/mol. The number of hydrogen-bond donors (Lipinski definition) is 0. The van der Waals surface area contributed by atoms with Crippen LogP contribution in [0.1, 0.15) is 24.5 Å². The van der Waals surface area contributed by atoms with Gasteiger partial charge in [-0.15, -0.1) is 0 Å². The number of sulfonamides is 1. The Morgan fingerprint density at radius 2 is 1.63 bits per heavy atom. The molecule has 0 bridgehead atoms. The Kier molecular flexibility index (Phi) is 6.22. The van der Waals surface area contributed by atoms with E-state index in [0.29, 0.717) is 37.6 Å². The monoisotopic (exact) mass is 427 g/mol. The van der Waals surface area contributed by atoms with Crippen molar-refractivity contribution in [3.05, 3.63) is 59.7 Å². The van der Waals surface area contributed by atoms with Crippen LogP contribution in [0.3, 0.4) is 0 Å². The highest BCUT2D eigenvalue weighted by Gasteiger charge is 2.31. The first-order chi connectivity index (χ1) is 14.5. The van der Waals surface area contributed by atoms with E-state index in [0.717, 1.165) is 37.1 Å². The Morgan fingerprint density at radius 3 is 2.33 bits per heavy atom. The lowest BCUT2D eigenvalue weighted by Gasteiger charge is -2.34. The van der Waals surface area contributed by atoms with Crippen molar-refractivity contribution in [2.24, 2.45) is 0 Å². The predicted molar refractivity (Wildman–Crippen MR) is 118 cm³/mol. The second-order valence-corrected chi connectivity index (χ2v) is 9.94. The number of nitrogens with zero attached hydrogens (tertiary/aromatic N) is 3. The molecular formula is C23H29N3O3S. The minimum Gasteiger partial charge on any atom is -0.311 e. The Balaban J connectivity index is 1.34. The first-order valence-corrected chi connectivity index (χ1v) is 12.1. The molecule has 0 aromatic heterocycles. The second-order valence-electron chi connectivity index (χ2n) is 8.00. The number of amides is 1. The van der Waals surface area contributed by atoms with Gasteiger partial charge in [-0.05, 0) is 42.2 Å². The number of benzene rings is 2. The number of carbonyl (C=O) groups excluding carboxylic acids is 1. The van der Waals surface area contributed by atoms with E-state index in [4.69, 9.17) is 0 Å². The molecule has 160 valence electrons. The van der Waals surface area contributed by atoms with E-state index in [-0.39, 0.29) is 5.91 Å². The van der Waals surface area contributed by atoms with Crippen molar-refractivity contribution >= 4 is 21.6 Å². The Bertz CT molecular complexity index is 997. The van der Waals surface area contributed by atoms with Crippen LogP contribution < -0.4 is 4.90 Å². The third kappa shape index (κ3) is 4.29. The fourth-order valence-corrected chi connectivity index (χ4v) is 5.69. The molecule has 0 saturated carbocycles. The zero-order valence-corrected chi connectivity index (χ0v) is 18.3. The number of piperazine rings is 1. The second kappa shape index (κ2) is 8.88. The molecule has 7 heteroatoms. The third-order valence-corrected chi connectivity index (χ3v) is 7.89. The van der Waals surface area contributed by atoms with Gasteiger partial charge in [0, 0.05) is 38.4 Å². The molecule has 0 spiro atoms. The van der Waals surface area contributed by atoms with Crippen molar-refractivity contribution in [2.75, 3.05) is 44.2 Å². The van der Waals surface area contributed by atoms with E-state index in [2.05, 4.69) is 17.9 Å². The van der Waals surface area contributed by atoms with Crippen LogP contribution in [-0.4, -0.2) is 62.8 Å². The molecule has 0 radical (unpaired) electrons. The standard InChI is InChI=1S/C23H29N3O3S/c1-2-5-19-8-10-21(11-9-19)30(28,29)25-16-14-24(15-17-25)18-23(27)26-13-12-20-6-3-4-7-22(20)26/h3-4,6-11H,2,5,12-18H2,1H3. The number of rotatable bonds is 6. The highest BCUT2D eigenvalue weighted by molar-refractivity contribution is 7.89. The van der Waals surface area contributed by atoms with Gasteiger partial charge in [0.25, 0.3) is 0 Å². The third-order valence-electron chi connectivity index (χ3n) is 5.98. The van der Waals surface area contributed by atoms with Gasteiger partial charge < -0.3 is 4.90 Å². The van der Waals surface area contributed by atoms with Crippen molar-refractivity contribution in [3.8, 4) is 0 Å². The van der Waals surface area contributed by atoms with Gasteiger partial charge in [0.05, 0.1) is 11.4 Å². The Morgan fingerprint density at radius 1 is 0.933 bits per heavy atom. The van der Waals surface area contributed by atoms with Crippen molar-refractivity contribution in [2.45, 2.75) is 31.1 Å². The molecule has 30 heavy (non-hydrogen) atoms. The zero-order chi connectivity index (χ0) is 21.1. The minimum absolute atomic E-state index is 0.0859. The van der Waals surface area contributed by atoms with Crippen molar-refractivity contribution in [1.82, 2.24) is 9.21 Å². The van der Waals surface area contributed by atoms with Gasteiger partial charge in [-0.3, -0.25) is 9.69 Å². The van der Waals surface area contributed by atoms with Gasteiger partial charge >= 0.3 is 0 Å². The molecule has 1 amide bonds. The van der Waals surface area contributed by atoms with Crippen LogP contribution in [-0.2, 0) is 27.7 Å². The van der Waals surface area contributed by atoms with Crippen LogP contribution in [0.15, 0.2) is 53.4 Å². The quantitative estimate of drug-likeness (QED) is 0.711. The largest absolute Gasteiger partial charge is 0.311 e. The number of carbonyl (C=O) groups is 1. The molecule has 2 aliphatic rings. The number of anilines is 1. The van der Waals surface area contributed by atoms with Crippen molar-refractivity contribution < 1.29 is 13.2 Å². The van der Waals surface area contributed by atoms with Crippen LogP contribution >= 0.6 is 0 Å². The molecule has 0 aliphatic carbocycles. The lowest BCUT2D eigenvalue weighted by molar-refractivity contribution is -0.119. The maximum atomic E-state index is 13.0. The molecule has 2 aromatic rings. The zero-order valence-electron chi connectivity index (χ0n) is 17.5. The van der Waals surface area contributed by atoms with E-state index < -0.39 is 10.0 Å². The molecule has 1 saturated heterocycles. The minimum atomic E-state index is -3.49. The molecule has 0 atom stereocenters. The normalized spacial score (nSPS) is 17.8. The molecule has 4 rings (SSSR count). The topological polar surface area (TPSA) is 60.9 Å². The van der Waals surface area contributed by atoms with E-state index in [1.807, 2.05) is 35.2 Å². The van der Waals surface area contributed by atoms with Crippen LogP contribution in [0.2, 0.25) is 0 Å². The molecule has 0 unspecified atom stereocenters. The summed E-state index contributed by atoms with van der Waals surface area (Å²) >= 11 is 0. The maximum Gasteiger partial charge on any atom is 0.243 e. The summed E-state index contributed by atoms with van der Waals surface area (Å²) in [4.78, 5) is 17.1. The van der Waals surface area contributed by atoms with E-state index in [9.17, 15) is 13.2 Å². The number of hydrogen-bond acceptors (Lipinski definition) is 4. The van der Waals surface area contributed by atoms with Gasteiger partial charge in [-0.25, -0.2) is 8.42 Å². The fraction of sp³-hybridized carbons (Fsp3) is 0.435. The fourth-order valence-electron chi connectivity index (χ4n) is 4.27. The van der Waals surface area contributed by atoms with Crippen LogP contribution in [0.25, 0.3) is 0 Å². The number of fused-ring (bicyclic) bond motifs is 1. The van der Waals surface area contributed by atoms with Gasteiger partial charge in [-0.2, -0.15) is 4.31 Å². The van der Waals surface area contributed by atoms with Crippen LogP contribution in [0.4, 0.5) is 5.69 Å². The Hall–Kier alpha value is -2.22. The summed E-state index contributed by atoms with van der Waals surface area (Å²) in [6.07, 6.45) is 2.88. The van der Waals surface area contributed by atoms with Crippen molar-refractivity contribution in [3.63, 3.8) is 0 Å². The van der Waals surface area contributed by atoms with E-state index >= 15 is 0 Å².